The van der Waals surface area contributed by atoms with Crippen LogP contribution in [0.3, 0.4) is 0 Å². The van der Waals surface area contributed by atoms with Crippen LogP contribution in [0.5, 0.6) is 23.0 Å². The van der Waals surface area contributed by atoms with E-state index in [1.165, 1.54) is 5.56 Å². The third kappa shape index (κ3) is 6.57. The molecule has 0 aromatic heterocycles. The van der Waals surface area contributed by atoms with E-state index in [2.05, 4.69) is 61.0 Å². The van der Waals surface area contributed by atoms with Gasteiger partial charge in [-0.15, -0.1) is 0 Å². The largest absolute Gasteiger partial charge is 0.493 e. The van der Waals surface area contributed by atoms with Gasteiger partial charge in [0.1, 0.15) is 5.41 Å². The summed E-state index contributed by atoms with van der Waals surface area (Å²) in [5.74, 6) is 3.32. The van der Waals surface area contributed by atoms with E-state index in [9.17, 15) is 0 Å². The minimum Gasteiger partial charge on any atom is -0.493 e. The summed E-state index contributed by atoms with van der Waals surface area (Å²) >= 11 is 0. The van der Waals surface area contributed by atoms with E-state index in [0.717, 1.165) is 60.9 Å². The molecule has 0 N–H and O–H groups in total. The van der Waals surface area contributed by atoms with Crippen LogP contribution in [0.4, 0.5) is 0 Å². The number of hydrogen-bond donors (Lipinski definition) is 0. The monoisotopic (exact) mass is 469 g/mol. The highest BCUT2D eigenvalue weighted by molar-refractivity contribution is 5.48. The van der Waals surface area contributed by atoms with Gasteiger partial charge in [-0.25, -0.2) is 0 Å². The zero-order chi connectivity index (χ0) is 25.1. The first-order valence-corrected chi connectivity index (χ1v) is 11.8. The normalized spacial score (nSPS) is 12.6. The molecule has 186 valence electrons. The number of hydrogen-bond acceptors (Lipinski definition) is 5. The fourth-order valence-corrected chi connectivity index (χ4v) is 4.42. The lowest BCUT2D eigenvalue weighted by Gasteiger charge is -2.30. The van der Waals surface area contributed by atoms with Crippen molar-refractivity contribution in [1.82, 2.24) is 4.90 Å². The van der Waals surface area contributed by atoms with E-state index in [4.69, 9.17) is 18.9 Å². The van der Waals surface area contributed by atoms with E-state index in [0.29, 0.717) is 5.92 Å². The predicted molar refractivity (Wildman–Crippen MR) is 139 cm³/mol. The Kier molecular flexibility index (Phi) is 10.5. The van der Waals surface area contributed by atoms with Crippen molar-refractivity contribution in [3.05, 3.63) is 52.4 Å². The molecule has 0 aliphatic heterocycles. The summed E-state index contributed by atoms with van der Waals surface area (Å²) in [5.41, 5.74) is 2.09. The predicted octanol–water partition coefficient (Wildman–Crippen LogP) is 5.53. The lowest BCUT2D eigenvalue weighted by molar-refractivity contribution is 0.293. The molecule has 2 aromatic carbocycles. The first-order chi connectivity index (χ1) is 16.3. The van der Waals surface area contributed by atoms with Crippen LogP contribution in [-0.4, -0.2) is 60.5 Å². The molecule has 0 spiro atoms. The summed E-state index contributed by atoms with van der Waals surface area (Å²) in [7, 11) is 10.6. The maximum Gasteiger partial charge on any atom is 0.284 e. The van der Waals surface area contributed by atoms with Gasteiger partial charge >= 0.3 is 0 Å². The van der Waals surface area contributed by atoms with Crippen LogP contribution >= 0.6 is 0 Å². The number of nitrogens with zero attached hydrogens (tertiary/aromatic N) is 2. The van der Waals surface area contributed by atoms with Crippen molar-refractivity contribution in [2.75, 3.05) is 55.6 Å². The number of benzene rings is 2. The van der Waals surface area contributed by atoms with Gasteiger partial charge in [0.25, 0.3) is 13.1 Å². The third-order valence-electron chi connectivity index (χ3n) is 6.54. The SMILES string of the molecule is C[N+]#CC(CCCN(C)CCc1ccc(OC)c(OC)c1)(c1ccc(OC)c(OC)c1)C(C)C. The minimum absolute atomic E-state index is 0.293. The Balaban J connectivity index is 2.08. The van der Waals surface area contributed by atoms with Crippen molar-refractivity contribution in [2.45, 2.75) is 38.5 Å². The Morgan fingerprint density at radius 2 is 1.44 bits per heavy atom. The molecule has 2 rings (SSSR count). The van der Waals surface area contributed by atoms with Crippen LogP contribution in [0.25, 0.3) is 4.85 Å². The average molecular weight is 470 g/mol. The highest BCUT2D eigenvalue weighted by atomic mass is 16.5. The number of rotatable bonds is 13. The fraction of sp³-hybridized carbons (Fsp3) is 0.536. The quantitative estimate of drug-likeness (QED) is 0.386. The molecule has 0 fully saturated rings. The van der Waals surface area contributed by atoms with Gasteiger partial charge in [-0.3, -0.25) is 0 Å². The summed E-state index contributed by atoms with van der Waals surface area (Å²) in [6.45, 7) is 6.41. The van der Waals surface area contributed by atoms with E-state index in [-0.39, 0.29) is 5.41 Å². The Labute approximate surface area is 205 Å². The Bertz CT molecular complexity index is 980. The van der Waals surface area contributed by atoms with Gasteiger partial charge in [-0.2, -0.15) is 0 Å². The van der Waals surface area contributed by atoms with Gasteiger partial charge < -0.3 is 23.8 Å². The van der Waals surface area contributed by atoms with Gasteiger partial charge in [-0.05, 0) is 74.2 Å². The molecular formula is C28H41N2O4+. The smallest absolute Gasteiger partial charge is 0.284 e. The van der Waals surface area contributed by atoms with Gasteiger partial charge in [0.15, 0.2) is 23.0 Å². The number of likely N-dealkylation sites (N-methyl/N-ethyl adjacent to an activating group) is 1. The van der Waals surface area contributed by atoms with Gasteiger partial charge in [-0.1, -0.05) is 30.8 Å². The molecule has 0 saturated carbocycles. The minimum atomic E-state index is -0.293. The highest BCUT2D eigenvalue weighted by Gasteiger charge is 2.40. The topological polar surface area (TPSA) is 44.5 Å². The van der Waals surface area contributed by atoms with Crippen LogP contribution < -0.4 is 18.9 Å². The third-order valence-corrected chi connectivity index (χ3v) is 6.54. The molecule has 0 radical (unpaired) electrons. The van der Waals surface area contributed by atoms with Crippen molar-refractivity contribution >= 4 is 0 Å². The molecule has 34 heavy (non-hydrogen) atoms. The van der Waals surface area contributed by atoms with Crippen LogP contribution in [0.2, 0.25) is 0 Å². The molecule has 1 atom stereocenters. The molecule has 0 heterocycles. The lowest BCUT2D eigenvalue weighted by Crippen LogP contribution is -2.32. The summed E-state index contributed by atoms with van der Waals surface area (Å²) in [4.78, 5) is 6.72. The molecule has 0 bridgehead atoms. The fourth-order valence-electron chi connectivity index (χ4n) is 4.42. The molecule has 6 heteroatoms. The van der Waals surface area contributed by atoms with Gasteiger partial charge in [0, 0.05) is 6.54 Å². The summed E-state index contributed by atoms with van der Waals surface area (Å²) in [6.07, 6.45) is 2.92. The maximum atomic E-state index is 5.57. The second kappa shape index (κ2) is 13.1. The molecule has 1 unspecified atom stereocenters. The molecule has 0 aliphatic rings. The summed E-state index contributed by atoms with van der Waals surface area (Å²) in [5, 5.41) is 0. The van der Waals surface area contributed by atoms with E-state index in [1.54, 1.807) is 35.5 Å². The van der Waals surface area contributed by atoms with Gasteiger partial charge in [0.2, 0.25) is 0 Å². The van der Waals surface area contributed by atoms with Gasteiger partial charge in [0.05, 0.1) is 28.4 Å². The number of methoxy groups -OCH3 is 4. The zero-order valence-corrected chi connectivity index (χ0v) is 22.1. The number of ether oxygens (including phenoxy) is 4. The first-order valence-electron chi connectivity index (χ1n) is 11.8. The van der Waals surface area contributed by atoms with E-state index >= 15 is 0 Å². The van der Waals surface area contributed by atoms with Crippen LogP contribution in [0, 0.1) is 12.0 Å². The van der Waals surface area contributed by atoms with Crippen molar-refractivity contribution in [1.29, 1.82) is 0 Å². The summed E-state index contributed by atoms with van der Waals surface area (Å²) in [6, 6.07) is 15.7. The molecule has 6 nitrogen and oxygen atoms in total. The maximum absolute atomic E-state index is 5.57. The van der Waals surface area contributed by atoms with E-state index in [1.807, 2.05) is 12.1 Å². The standard InChI is InChI=1S/C28H41N2O4/c1-21(2)28(20-29-3,23-11-13-25(32-6)27(19-23)34-8)15-9-16-30(4)17-14-22-10-12-24(31-5)26(18-22)33-7/h10-13,18-19,21H,9,14-17H2,1-8H3/q+1. The highest BCUT2D eigenvalue weighted by Crippen LogP contribution is 2.40. The van der Waals surface area contributed by atoms with Crippen LogP contribution in [0.1, 0.15) is 37.8 Å². The van der Waals surface area contributed by atoms with Crippen molar-refractivity contribution in [3.63, 3.8) is 0 Å². The second-order valence-corrected chi connectivity index (χ2v) is 8.88. The van der Waals surface area contributed by atoms with Crippen molar-refractivity contribution in [2.24, 2.45) is 5.92 Å². The van der Waals surface area contributed by atoms with Crippen molar-refractivity contribution in [3.8, 4) is 29.1 Å². The lowest BCUT2D eigenvalue weighted by atomic mass is 9.69. The second-order valence-electron chi connectivity index (χ2n) is 8.88. The Morgan fingerprint density at radius 3 is 2.00 bits per heavy atom. The van der Waals surface area contributed by atoms with E-state index < -0.39 is 0 Å². The Morgan fingerprint density at radius 1 is 0.853 bits per heavy atom. The molecule has 0 amide bonds. The molecule has 0 aliphatic carbocycles. The van der Waals surface area contributed by atoms with Crippen LogP contribution in [0.15, 0.2) is 36.4 Å². The zero-order valence-electron chi connectivity index (χ0n) is 22.1. The van der Waals surface area contributed by atoms with Crippen molar-refractivity contribution < 1.29 is 18.9 Å². The average Bonchev–Trinajstić information content (AvgIpc) is 2.85. The molecule has 0 saturated heterocycles. The van der Waals surface area contributed by atoms with Crippen LogP contribution in [-0.2, 0) is 11.8 Å². The first kappa shape index (κ1) is 27.3. The molecular weight excluding hydrogens is 428 g/mol. The summed E-state index contributed by atoms with van der Waals surface area (Å²) < 4.78 is 21.8. The molecule has 2 aromatic rings. The Hall–Kier alpha value is -2.91.